The molecular formula is C16H28N2S. The number of piperidine rings is 1. The van der Waals surface area contributed by atoms with Crippen LogP contribution in [0.1, 0.15) is 49.8 Å². The molecule has 108 valence electrons. The van der Waals surface area contributed by atoms with Gasteiger partial charge in [0, 0.05) is 29.4 Å². The van der Waals surface area contributed by atoms with Gasteiger partial charge in [0.1, 0.15) is 0 Å². The lowest BCUT2D eigenvalue weighted by Crippen LogP contribution is -2.39. The number of nitrogens with zero attached hydrogens (tertiary/aromatic N) is 1. The van der Waals surface area contributed by atoms with Gasteiger partial charge in [-0.25, -0.2) is 0 Å². The summed E-state index contributed by atoms with van der Waals surface area (Å²) in [6.07, 6.45) is 3.94. The molecule has 0 unspecified atom stereocenters. The van der Waals surface area contributed by atoms with Crippen LogP contribution < -0.4 is 5.32 Å². The van der Waals surface area contributed by atoms with Crippen molar-refractivity contribution < 1.29 is 0 Å². The summed E-state index contributed by atoms with van der Waals surface area (Å²) in [7, 11) is 0. The predicted octanol–water partition coefficient (Wildman–Crippen LogP) is 3.87. The third-order valence-electron chi connectivity index (χ3n) is 3.80. The lowest BCUT2D eigenvalue weighted by atomic mass is 9.84. The second-order valence-corrected chi connectivity index (χ2v) is 7.78. The Bertz CT molecular complexity index is 384. The minimum absolute atomic E-state index is 0.501. The predicted molar refractivity (Wildman–Crippen MR) is 84.6 cm³/mol. The van der Waals surface area contributed by atoms with Crippen molar-refractivity contribution in [1.82, 2.24) is 10.2 Å². The van der Waals surface area contributed by atoms with Crippen LogP contribution in [-0.4, -0.2) is 24.5 Å². The summed E-state index contributed by atoms with van der Waals surface area (Å²) < 4.78 is 0. The van der Waals surface area contributed by atoms with E-state index in [1.807, 2.05) is 11.3 Å². The van der Waals surface area contributed by atoms with Gasteiger partial charge in [0.25, 0.3) is 0 Å². The first-order valence-electron chi connectivity index (χ1n) is 7.60. The van der Waals surface area contributed by atoms with E-state index >= 15 is 0 Å². The van der Waals surface area contributed by atoms with Gasteiger partial charge >= 0.3 is 0 Å². The van der Waals surface area contributed by atoms with E-state index in [1.54, 1.807) is 0 Å². The molecule has 0 spiro atoms. The number of nitrogens with one attached hydrogen (secondary N) is 1. The van der Waals surface area contributed by atoms with Gasteiger partial charge in [0.15, 0.2) is 0 Å². The molecule has 1 N–H and O–H groups in total. The Hall–Kier alpha value is -0.380. The standard InChI is InChI=1S/C16H28N2S/c1-4-9-17-11-14-6-7-15(19-14)12-18-10-5-8-16(2,3)13-18/h6-7,17H,4-5,8-13H2,1-3H3. The summed E-state index contributed by atoms with van der Waals surface area (Å²) >= 11 is 1.97. The van der Waals surface area contributed by atoms with Gasteiger partial charge in [-0.1, -0.05) is 20.8 Å². The molecule has 1 fully saturated rings. The molecule has 1 aliphatic rings. The smallest absolute Gasteiger partial charge is 0.0328 e. The van der Waals surface area contributed by atoms with Crippen LogP contribution in [0.2, 0.25) is 0 Å². The van der Waals surface area contributed by atoms with Crippen LogP contribution in [0.3, 0.4) is 0 Å². The molecular weight excluding hydrogens is 252 g/mol. The van der Waals surface area contributed by atoms with Crippen LogP contribution in [0.25, 0.3) is 0 Å². The Balaban J connectivity index is 1.82. The molecule has 2 rings (SSSR count). The third-order valence-corrected chi connectivity index (χ3v) is 4.87. The average Bonchev–Trinajstić information content (AvgIpc) is 2.76. The topological polar surface area (TPSA) is 15.3 Å². The van der Waals surface area contributed by atoms with E-state index in [-0.39, 0.29) is 0 Å². The summed E-state index contributed by atoms with van der Waals surface area (Å²) in [4.78, 5) is 5.62. The summed E-state index contributed by atoms with van der Waals surface area (Å²) in [5, 5.41) is 3.48. The van der Waals surface area contributed by atoms with E-state index < -0.39 is 0 Å². The van der Waals surface area contributed by atoms with Crippen molar-refractivity contribution in [3.05, 3.63) is 21.9 Å². The van der Waals surface area contributed by atoms with Gasteiger partial charge in [-0.3, -0.25) is 4.90 Å². The maximum absolute atomic E-state index is 3.48. The minimum atomic E-state index is 0.501. The summed E-state index contributed by atoms with van der Waals surface area (Å²) in [6.45, 7) is 12.8. The minimum Gasteiger partial charge on any atom is -0.312 e. The Kier molecular flexibility index (Phi) is 5.43. The Morgan fingerprint density at radius 1 is 1.32 bits per heavy atom. The molecule has 2 nitrogen and oxygen atoms in total. The Morgan fingerprint density at radius 3 is 2.84 bits per heavy atom. The highest BCUT2D eigenvalue weighted by Crippen LogP contribution is 2.30. The zero-order valence-corrected chi connectivity index (χ0v) is 13.5. The summed E-state index contributed by atoms with van der Waals surface area (Å²) in [5.74, 6) is 0. The zero-order valence-electron chi connectivity index (χ0n) is 12.7. The van der Waals surface area contributed by atoms with Crippen molar-refractivity contribution in [3.8, 4) is 0 Å². The van der Waals surface area contributed by atoms with Gasteiger partial charge < -0.3 is 5.32 Å². The molecule has 0 amide bonds. The molecule has 0 aliphatic carbocycles. The van der Waals surface area contributed by atoms with Gasteiger partial charge in [-0.05, 0) is 49.9 Å². The van der Waals surface area contributed by atoms with E-state index in [2.05, 4.69) is 43.1 Å². The maximum Gasteiger partial charge on any atom is 0.0328 e. The van der Waals surface area contributed by atoms with Crippen LogP contribution in [-0.2, 0) is 13.1 Å². The van der Waals surface area contributed by atoms with Crippen molar-refractivity contribution in [2.75, 3.05) is 19.6 Å². The van der Waals surface area contributed by atoms with Crippen LogP contribution in [0, 0.1) is 5.41 Å². The average molecular weight is 280 g/mol. The quantitative estimate of drug-likeness (QED) is 0.796. The molecule has 0 aromatic carbocycles. The molecule has 0 saturated carbocycles. The van der Waals surface area contributed by atoms with E-state index in [1.165, 1.54) is 42.1 Å². The molecule has 3 heteroatoms. The number of thiophene rings is 1. The van der Waals surface area contributed by atoms with Gasteiger partial charge in [-0.2, -0.15) is 0 Å². The van der Waals surface area contributed by atoms with Crippen molar-refractivity contribution in [3.63, 3.8) is 0 Å². The Labute approximate surface area is 122 Å². The second kappa shape index (κ2) is 6.87. The molecule has 19 heavy (non-hydrogen) atoms. The lowest BCUT2D eigenvalue weighted by Gasteiger charge is -2.37. The maximum atomic E-state index is 3.48. The largest absolute Gasteiger partial charge is 0.312 e. The number of hydrogen-bond acceptors (Lipinski definition) is 3. The highest BCUT2D eigenvalue weighted by molar-refractivity contribution is 7.11. The van der Waals surface area contributed by atoms with Gasteiger partial charge in [0.05, 0.1) is 0 Å². The monoisotopic (exact) mass is 280 g/mol. The van der Waals surface area contributed by atoms with E-state index in [0.29, 0.717) is 5.41 Å². The molecule has 0 bridgehead atoms. The number of rotatable bonds is 6. The van der Waals surface area contributed by atoms with Crippen LogP contribution in [0.15, 0.2) is 12.1 Å². The zero-order chi connectivity index (χ0) is 13.7. The number of hydrogen-bond donors (Lipinski definition) is 1. The first-order valence-corrected chi connectivity index (χ1v) is 8.41. The summed E-state index contributed by atoms with van der Waals surface area (Å²) in [5.41, 5.74) is 0.501. The molecule has 1 aromatic rings. The second-order valence-electron chi connectivity index (χ2n) is 6.52. The third kappa shape index (κ3) is 4.90. The van der Waals surface area contributed by atoms with Crippen LogP contribution in [0.5, 0.6) is 0 Å². The fourth-order valence-electron chi connectivity index (χ4n) is 2.89. The number of likely N-dealkylation sites (tertiary alicyclic amines) is 1. The van der Waals surface area contributed by atoms with Crippen LogP contribution in [0.4, 0.5) is 0 Å². The highest BCUT2D eigenvalue weighted by atomic mass is 32.1. The van der Waals surface area contributed by atoms with Crippen molar-refractivity contribution in [2.24, 2.45) is 5.41 Å². The first kappa shape index (κ1) is 15.0. The molecule has 0 radical (unpaired) electrons. The van der Waals surface area contributed by atoms with Crippen LogP contribution >= 0.6 is 11.3 Å². The fourth-order valence-corrected chi connectivity index (χ4v) is 3.92. The van der Waals surface area contributed by atoms with Gasteiger partial charge in [-0.15, -0.1) is 11.3 Å². The molecule has 1 aliphatic heterocycles. The molecule has 1 saturated heterocycles. The fraction of sp³-hybridized carbons (Fsp3) is 0.750. The van der Waals surface area contributed by atoms with Crippen molar-refractivity contribution >= 4 is 11.3 Å². The lowest BCUT2D eigenvalue weighted by molar-refractivity contribution is 0.112. The molecule has 0 atom stereocenters. The van der Waals surface area contributed by atoms with E-state index in [9.17, 15) is 0 Å². The highest BCUT2D eigenvalue weighted by Gasteiger charge is 2.26. The van der Waals surface area contributed by atoms with E-state index in [0.717, 1.165) is 19.6 Å². The molecule has 1 aromatic heterocycles. The Morgan fingerprint density at radius 2 is 2.11 bits per heavy atom. The van der Waals surface area contributed by atoms with Crippen molar-refractivity contribution in [2.45, 2.75) is 53.1 Å². The van der Waals surface area contributed by atoms with Gasteiger partial charge in [0.2, 0.25) is 0 Å². The normalized spacial score (nSPS) is 19.7. The van der Waals surface area contributed by atoms with E-state index in [4.69, 9.17) is 0 Å². The van der Waals surface area contributed by atoms with Crippen molar-refractivity contribution in [1.29, 1.82) is 0 Å². The first-order chi connectivity index (χ1) is 9.09. The summed E-state index contributed by atoms with van der Waals surface area (Å²) in [6, 6.07) is 4.60. The SMILES string of the molecule is CCCNCc1ccc(CN2CCCC(C)(C)C2)s1. The molecule has 2 heterocycles.